The van der Waals surface area contributed by atoms with E-state index >= 15 is 0 Å². The second-order valence-electron chi connectivity index (χ2n) is 14.0. The molecule has 1 fully saturated rings. The molecular formula is C36H48ClFN4O4. The quantitative estimate of drug-likeness (QED) is 0.192. The molecule has 0 amide bonds. The van der Waals surface area contributed by atoms with Crippen molar-refractivity contribution in [1.82, 2.24) is 9.97 Å². The first-order chi connectivity index (χ1) is 21.5. The molecule has 0 bridgehead atoms. The van der Waals surface area contributed by atoms with Gasteiger partial charge in [0, 0.05) is 43.2 Å². The van der Waals surface area contributed by atoms with Crippen molar-refractivity contribution >= 4 is 28.9 Å². The van der Waals surface area contributed by atoms with Crippen LogP contribution in [0.2, 0.25) is 5.02 Å². The van der Waals surface area contributed by atoms with Crippen molar-refractivity contribution in [2.45, 2.75) is 86.0 Å². The van der Waals surface area contributed by atoms with Crippen molar-refractivity contribution in [2.75, 3.05) is 43.1 Å². The van der Waals surface area contributed by atoms with Gasteiger partial charge in [-0.05, 0) is 90.1 Å². The first-order valence-corrected chi connectivity index (χ1v) is 16.3. The molecule has 3 aromatic rings. The summed E-state index contributed by atoms with van der Waals surface area (Å²) in [6.07, 6.45) is 4.44. The maximum Gasteiger partial charge on any atom is 0.340 e. The summed E-state index contributed by atoms with van der Waals surface area (Å²) in [7, 11) is 1.95. The molecule has 250 valence electrons. The number of aromatic nitrogens is 2. The fourth-order valence-electron chi connectivity index (χ4n) is 5.44. The minimum Gasteiger partial charge on any atom is -0.490 e. The normalized spacial score (nSPS) is 15.5. The molecule has 3 heterocycles. The standard InChI is InChI=1S/C36H48ClFN4O4/c1-23(2)45-34(43)33(46-35(4,5)6)31-24(3)39-22-27(32(31)42-16-14-36(7,8)15-17-42)29-12-11-26(21-40-29)41(9)18-19-44-30-13-10-25(38)20-28(30)37/h10-13,20-23,33H,14-19H2,1-9H3/t33-/m0/s1. The van der Waals surface area contributed by atoms with Crippen LogP contribution in [-0.2, 0) is 14.3 Å². The van der Waals surface area contributed by atoms with Crippen LogP contribution in [0.15, 0.2) is 42.7 Å². The lowest BCUT2D eigenvalue weighted by Crippen LogP contribution is -2.39. The molecule has 1 atom stereocenters. The highest BCUT2D eigenvalue weighted by Crippen LogP contribution is 2.43. The highest BCUT2D eigenvalue weighted by molar-refractivity contribution is 6.32. The average Bonchev–Trinajstić information content (AvgIpc) is 2.96. The monoisotopic (exact) mass is 654 g/mol. The summed E-state index contributed by atoms with van der Waals surface area (Å²) in [5.74, 6) is -0.400. The molecule has 1 saturated heterocycles. The number of likely N-dealkylation sites (N-methyl/N-ethyl adjacent to an activating group) is 1. The summed E-state index contributed by atoms with van der Waals surface area (Å²) < 4.78 is 31.3. The minimum absolute atomic E-state index is 0.229. The van der Waals surface area contributed by atoms with Crippen LogP contribution in [0.5, 0.6) is 5.75 Å². The molecule has 1 aliphatic heterocycles. The van der Waals surface area contributed by atoms with Gasteiger partial charge in [-0.1, -0.05) is 25.4 Å². The first kappa shape index (κ1) is 35.4. The summed E-state index contributed by atoms with van der Waals surface area (Å²) in [5.41, 5.74) is 4.45. The summed E-state index contributed by atoms with van der Waals surface area (Å²) in [4.78, 5) is 27.7. The van der Waals surface area contributed by atoms with Crippen LogP contribution < -0.4 is 14.5 Å². The van der Waals surface area contributed by atoms with Crippen LogP contribution in [0.1, 0.15) is 78.7 Å². The predicted octanol–water partition coefficient (Wildman–Crippen LogP) is 8.19. The second kappa shape index (κ2) is 14.6. The van der Waals surface area contributed by atoms with E-state index < -0.39 is 23.5 Å². The maximum absolute atomic E-state index is 13.7. The topological polar surface area (TPSA) is 77.0 Å². The highest BCUT2D eigenvalue weighted by atomic mass is 35.5. The lowest BCUT2D eigenvalue weighted by atomic mass is 9.82. The van der Waals surface area contributed by atoms with Gasteiger partial charge in [0.2, 0.25) is 0 Å². The zero-order valence-corrected chi connectivity index (χ0v) is 29.4. The van der Waals surface area contributed by atoms with Gasteiger partial charge in [-0.15, -0.1) is 0 Å². The largest absolute Gasteiger partial charge is 0.490 e. The molecule has 0 spiro atoms. The summed E-state index contributed by atoms with van der Waals surface area (Å²) in [6, 6.07) is 8.06. The van der Waals surface area contributed by atoms with Crippen LogP contribution >= 0.6 is 11.6 Å². The fraction of sp³-hybridized carbons (Fsp3) is 0.528. The van der Waals surface area contributed by atoms with E-state index in [0.29, 0.717) is 18.9 Å². The third-order valence-corrected chi connectivity index (χ3v) is 8.36. The lowest BCUT2D eigenvalue weighted by molar-refractivity contribution is -0.171. The van der Waals surface area contributed by atoms with Gasteiger partial charge in [0.05, 0.1) is 46.5 Å². The number of benzene rings is 1. The number of hydrogen-bond donors (Lipinski definition) is 0. The third kappa shape index (κ3) is 9.10. The Morgan fingerprint density at radius 1 is 1.11 bits per heavy atom. The van der Waals surface area contributed by atoms with E-state index in [-0.39, 0.29) is 16.5 Å². The van der Waals surface area contributed by atoms with Gasteiger partial charge in [-0.25, -0.2) is 9.18 Å². The van der Waals surface area contributed by atoms with Crippen molar-refractivity contribution in [2.24, 2.45) is 5.41 Å². The molecule has 1 aliphatic rings. The van der Waals surface area contributed by atoms with E-state index in [1.165, 1.54) is 18.2 Å². The highest BCUT2D eigenvalue weighted by Gasteiger charge is 2.37. The van der Waals surface area contributed by atoms with Crippen molar-refractivity contribution in [3.05, 3.63) is 64.8 Å². The summed E-state index contributed by atoms with van der Waals surface area (Å²) in [6.45, 7) is 18.6. The molecule has 0 N–H and O–H groups in total. The van der Waals surface area contributed by atoms with Gasteiger partial charge >= 0.3 is 5.97 Å². The Labute approximate surface area is 278 Å². The van der Waals surface area contributed by atoms with Crippen molar-refractivity contribution in [1.29, 1.82) is 0 Å². The van der Waals surface area contributed by atoms with Gasteiger partial charge in [0.15, 0.2) is 6.10 Å². The molecule has 46 heavy (non-hydrogen) atoms. The van der Waals surface area contributed by atoms with E-state index in [9.17, 15) is 9.18 Å². The number of nitrogens with zero attached hydrogens (tertiary/aromatic N) is 4. The van der Waals surface area contributed by atoms with Gasteiger partial charge < -0.3 is 24.0 Å². The number of carbonyl (C=O) groups excluding carboxylic acids is 1. The number of carbonyl (C=O) groups is 1. The van der Waals surface area contributed by atoms with Crippen molar-refractivity contribution < 1.29 is 23.4 Å². The summed E-state index contributed by atoms with van der Waals surface area (Å²) >= 11 is 6.10. The number of piperidine rings is 1. The number of ether oxygens (including phenoxy) is 3. The fourth-order valence-corrected chi connectivity index (χ4v) is 5.67. The molecule has 2 aromatic heterocycles. The Balaban J connectivity index is 1.68. The Hall–Kier alpha value is -3.43. The molecular weight excluding hydrogens is 607 g/mol. The molecule has 0 radical (unpaired) electrons. The molecule has 4 rings (SSSR count). The second-order valence-corrected chi connectivity index (χ2v) is 14.4. The Bertz CT molecular complexity index is 1500. The molecule has 8 nitrogen and oxygen atoms in total. The van der Waals surface area contributed by atoms with Gasteiger partial charge in [-0.3, -0.25) is 9.97 Å². The molecule has 0 unspecified atom stereocenters. The van der Waals surface area contributed by atoms with Crippen LogP contribution in [0.25, 0.3) is 11.3 Å². The van der Waals surface area contributed by atoms with E-state index in [4.69, 9.17) is 35.8 Å². The Kier molecular flexibility index (Phi) is 11.2. The molecule has 0 saturated carbocycles. The Morgan fingerprint density at radius 2 is 1.80 bits per heavy atom. The molecule has 1 aromatic carbocycles. The van der Waals surface area contributed by atoms with E-state index in [1.54, 1.807) is 0 Å². The lowest BCUT2D eigenvalue weighted by Gasteiger charge is -2.41. The number of halogens is 2. The number of pyridine rings is 2. The van der Waals surface area contributed by atoms with Crippen LogP contribution in [0.4, 0.5) is 15.8 Å². The van der Waals surface area contributed by atoms with Crippen molar-refractivity contribution in [3.63, 3.8) is 0 Å². The maximum atomic E-state index is 13.7. The summed E-state index contributed by atoms with van der Waals surface area (Å²) in [5, 5.41) is 0.237. The van der Waals surface area contributed by atoms with E-state index in [0.717, 1.165) is 59.8 Å². The SMILES string of the molecule is Cc1ncc(-c2ccc(N(C)CCOc3ccc(F)cc3Cl)cn2)c(N2CCC(C)(C)CC2)c1[C@H](OC(C)(C)C)C(=O)OC(C)C. The van der Waals surface area contributed by atoms with Crippen LogP contribution in [0.3, 0.4) is 0 Å². The smallest absolute Gasteiger partial charge is 0.340 e. The number of rotatable bonds is 11. The number of hydrogen-bond acceptors (Lipinski definition) is 8. The first-order valence-electron chi connectivity index (χ1n) is 15.9. The number of anilines is 2. The third-order valence-electron chi connectivity index (χ3n) is 8.06. The van der Waals surface area contributed by atoms with Crippen LogP contribution in [-0.4, -0.2) is 60.9 Å². The average molecular weight is 655 g/mol. The van der Waals surface area contributed by atoms with Gasteiger partial charge in [0.1, 0.15) is 18.2 Å². The molecule has 10 heteroatoms. The Morgan fingerprint density at radius 3 is 2.39 bits per heavy atom. The number of aryl methyl sites for hydroxylation is 1. The van der Waals surface area contributed by atoms with Gasteiger partial charge in [-0.2, -0.15) is 0 Å². The predicted molar refractivity (Wildman–Crippen MR) is 182 cm³/mol. The van der Waals surface area contributed by atoms with E-state index in [2.05, 4.69) is 18.7 Å². The minimum atomic E-state index is -0.959. The van der Waals surface area contributed by atoms with Crippen LogP contribution in [0, 0.1) is 18.2 Å². The van der Waals surface area contributed by atoms with Crippen molar-refractivity contribution in [3.8, 4) is 17.0 Å². The van der Waals surface area contributed by atoms with Gasteiger partial charge in [0.25, 0.3) is 0 Å². The molecule has 0 aliphatic carbocycles. The number of esters is 1. The zero-order valence-electron chi connectivity index (χ0n) is 28.6. The van der Waals surface area contributed by atoms with E-state index in [1.807, 2.05) is 78.0 Å². The zero-order chi connectivity index (χ0) is 33.8.